The number of rotatable bonds is 4. The van der Waals surface area contributed by atoms with Crippen molar-refractivity contribution in [3.05, 3.63) is 54.5 Å². The Balaban J connectivity index is 2.45. The number of pyridine rings is 1. The summed E-state index contributed by atoms with van der Waals surface area (Å²) in [5, 5.41) is 0. The third-order valence-electron chi connectivity index (χ3n) is 3.24. The van der Waals surface area contributed by atoms with Crippen LogP contribution in [0.3, 0.4) is 0 Å². The molecule has 1 aromatic rings. The molecular weight excluding hydrogens is 210 g/mol. The number of likely N-dealkylation sites (N-methyl/N-ethyl adjacent to an activating group) is 1. The van der Waals surface area contributed by atoms with E-state index >= 15 is 0 Å². The first-order valence-corrected chi connectivity index (χ1v) is 6.08. The largest absolute Gasteiger partial charge is 0.363 e. The first kappa shape index (κ1) is 11.9. The van der Waals surface area contributed by atoms with Crippen molar-refractivity contribution in [3.8, 4) is 0 Å². The Hall–Kier alpha value is -1.61. The summed E-state index contributed by atoms with van der Waals surface area (Å²) >= 11 is 0. The van der Waals surface area contributed by atoms with Gasteiger partial charge < -0.3 is 10.6 Å². The summed E-state index contributed by atoms with van der Waals surface area (Å²) < 4.78 is 0. The molecule has 2 rings (SSSR count). The SMILES string of the molecule is CCN1C=CC=CC1(CCN)c1ccccn1. The minimum atomic E-state index is -0.181. The predicted octanol–water partition coefficient (Wildman–Crippen LogP) is 2.03. The van der Waals surface area contributed by atoms with Gasteiger partial charge in [-0.15, -0.1) is 0 Å². The summed E-state index contributed by atoms with van der Waals surface area (Å²) in [6.45, 7) is 3.74. The summed E-state index contributed by atoms with van der Waals surface area (Å²) in [6.07, 6.45) is 11.2. The van der Waals surface area contributed by atoms with Crippen molar-refractivity contribution in [1.29, 1.82) is 0 Å². The van der Waals surface area contributed by atoms with Gasteiger partial charge in [-0.25, -0.2) is 0 Å². The third kappa shape index (κ3) is 2.11. The Morgan fingerprint density at radius 1 is 1.35 bits per heavy atom. The van der Waals surface area contributed by atoms with Crippen LogP contribution >= 0.6 is 0 Å². The van der Waals surface area contributed by atoms with Crippen LogP contribution in [-0.4, -0.2) is 23.0 Å². The second-order valence-electron chi connectivity index (χ2n) is 4.16. The molecule has 1 aromatic heterocycles. The van der Waals surface area contributed by atoms with Gasteiger partial charge in [0.15, 0.2) is 0 Å². The average molecular weight is 229 g/mol. The lowest BCUT2D eigenvalue weighted by Crippen LogP contribution is -2.44. The minimum Gasteiger partial charge on any atom is -0.363 e. The predicted molar refractivity (Wildman–Crippen MR) is 70.2 cm³/mol. The van der Waals surface area contributed by atoms with E-state index in [9.17, 15) is 0 Å². The smallest absolute Gasteiger partial charge is 0.102 e. The van der Waals surface area contributed by atoms with Crippen LogP contribution in [0, 0.1) is 0 Å². The van der Waals surface area contributed by atoms with Gasteiger partial charge in [0, 0.05) is 18.9 Å². The molecule has 90 valence electrons. The summed E-state index contributed by atoms with van der Waals surface area (Å²) in [5.41, 5.74) is 6.67. The topological polar surface area (TPSA) is 42.1 Å². The fourth-order valence-corrected chi connectivity index (χ4v) is 2.41. The lowest BCUT2D eigenvalue weighted by Gasteiger charge is -2.42. The molecule has 2 N–H and O–H groups in total. The molecule has 0 aliphatic carbocycles. The van der Waals surface area contributed by atoms with Gasteiger partial charge in [0.2, 0.25) is 0 Å². The molecule has 0 saturated carbocycles. The molecule has 1 atom stereocenters. The van der Waals surface area contributed by atoms with Crippen LogP contribution < -0.4 is 5.73 Å². The number of nitrogens with two attached hydrogens (primary N) is 1. The highest BCUT2D eigenvalue weighted by atomic mass is 15.2. The maximum absolute atomic E-state index is 5.79. The molecule has 1 aliphatic rings. The van der Waals surface area contributed by atoms with Crippen molar-refractivity contribution < 1.29 is 0 Å². The van der Waals surface area contributed by atoms with E-state index in [1.807, 2.05) is 18.3 Å². The Labute approximate surface area is 103 Å². The van der Waals surface area contributed by atoms with E-state index in [0.717, 1.165) is 18.7 Å². The van der Waals surface area contributed by atoms with Gasteiger partial charge in [0.1, 0.15) is 5.54 Å². The van der Waals surface area contributed by atoms with E-state index in [4.69, 9.17) is 5.73 Å². The molecule has 1 unspecified atom stereocenters. The van der Waals surface area contributed by atoms with Crippen molar-refractivity contribution in [2.24, 2.45) is 5.73 Å². The fourth-order valence-electron chi connectivity index (χ4n) is 2.41. The lowest BCUT2D eigenvalue weighted by molar-refractivity contribution is 0.187. The van der Waals surface area contributed by atoms with Crippen LogP contribution in [0.5, 0.6) is 0 Å². The van der Waals surface area contributed by atoms with Gasteiger partial charge in [-0.2, -0.15) is 0 Å². The van der Waals surface area contributed by atoms with Gasteiger partial charge in [-0.3, -0.25) is 4.98 Å². The number of hydrogen-bond donors (Lipinski definition) is 1. The van der Waals surface area contributed by atoms with Crippen molar-refractivity contribution in [3.63, 3.8) is 0 Å². The minimum absolute atomic E-state index is 0.181. The number of nitrogens with zero attached hydrogens (tertiary/aromatic N) is 2. The van der Waals surface area contributed by atoms with Crippen LogP contribution in [0.25, 0.3) is 0 Å². The Bertz CT molecular complexity index is 411. The summed E-state index contributed by atoms with van der Waals surface area (Å²) in [5.74, 6) is 0. The second kappa shape index (κ2) is 5.15. The third-order valence-corrected chi connectivity index (χ3v) is 3.24. The maximum atomic E-state index is 5.79. The Morgan fingerprint density at radius 2 is 2.24 bits per heavy atom. The molecule has 2 heterocycles. The normalized spacial score (nSPS) is 23.1. The molecule has 17 heavy (non-hydrogen) atoms. The van der Waals surface area contributed by atoms with Crippen LogP contribution in [0.4, 0.5) is 0 Å². The van der Waals surface area contributed by atoms with E-state index < -0.39 is 0 Å². The molecule has 1 aliphatic heterocycles. The number of hydrogen-bond acceptors (Lipinski definition) is 3. The highest BCUT2D eigenvalue weighted by molar-refractivity contribution is 5.30. The van der Waals surface area contributed by atoms with Crippen LogP contribution in [0.2, 0.25) is 0 Å². The zero-order valence-corrected chi connectivity index (χ0v) is 10.2. The maximum Gasteiger partial charge on any atom is 0.102 e. The zero-order valence-electron chi connectivity index (χ0n) is 10.2. The Kier molecular flexibility index (Phi) is 3.59. The summed E-state index contributed by atoms with van der Waals surface area (Å²) in [4.78, 5) is 6.80. The van der Waals surface area contributed by atoms with Crippen LogP contribution in [-0.2, 0) is 5.54 Å². The van der Waals surface area contributed by atoms with Crippen molar-refractivity contribution in [1.82, 2.24) is 9.88 Å². The molecule has 0 aromatic carbocycles. The molecule has 0 amide bonds. The van der Waals surface area contributed by atoms with Crippen molar-refractivity contribution in [2.45, 2.75) is 18.9 Å². The highest BCUT2D eigenvalue weighted by Gasteiger charge is 2.35. The summed E-state index contributed by atoms with van der Waals surface area (Å²) in [7, 11) is 0. The van der Waals surface area contributed by atoms with Gasteiger partial charge in [0.05, 0.1) is 5.69 Å². The molecule has 0 bridgehead atoms. The van der Waals surface area contributed by atoms with Crippen molar-refractivity contribution in [2.75, 3.05) is 13.1 Å². The Morgan fingerprint density at radius 3 is 2.88 bits per heavy atom. The average Bonchev–Trinajstić information content (AvgIpc) is 2.40. The van der Waals surface area contributed by atoms with E-state index in [-0.39, 0.29) is 5.54 Å². The van der Waals surface area contributed by atoms with Crippen molar-refractivity contribution >= 4 is 0 Å². The van der Waals surface area contributed by atoms with E-state index in [1.165, 1.54) is 0 Å². The second-order valence-corrected chi connectivity index (χ2v) is 4.16. The van der Waals surface area contributed by atoms with Gasteiger partial charge in [0.25, 0.3) is 0 Å². The first-order chi connectivity index (χ1) is 8.33. The molecule has 0 radical (unpaired) electrons. The monoisotopic (exact) mass is 229 g/mol. The van der Waals surface area contributed by atoms with E-state index in [2.05, 4.69) is 47.3 Å². The summed E-state index contributed by atoms with van der Waals surface area (Å²) in [6, 6.07) is 6.04. The molecule has 0 spiro atoms. The molecular formula is C14H19N3. The molecule has 3 nitrogen and oxygen atoms in total. The van der Waals surface area contributed by atoms with Gasteiger partial charge in [-0.05, 0) is 38.1 Å². The van der Waals surface area contributed by atoms with E-state index in [0.29, 0.717) is 6.54 Å². The number of allylic oxidation sites excluding steroid dienone is 2. The van der Waals surface area contributed by atoms with Crippen LogP contribution in [0.1, 0.15) is 19.0 Å². The lowest BCUT2D eigenvalue weighted by atomic mass is 9.86. The molecule has 0 saturated heterocycles. The zero-order chi connectivity index (χ0) is 12.1. The van der Waals surface area contributed by atoms with Gasteiger partial charge in [-0.1, -0.05) is 18.2 Å². The number of aromatic nitrogens is 1. The first-order valence-electron chi connectivity index (χ1n) is 6.08. The molecule has 0 fully saturated rings. The quantitative estimate of drug-likeness (QED) is 0.859. The van der Waals surface area contributed by atoms with Gasteiger partial charge >= 0.3 is 0 Å². The highest BCUT2D eigenvalue weighted by Crippen LogP contribution is 2.34. The standard InChI is InChI=1S/C14H19N3/c1-2-17-12-6-4-8-14(17,9-10-15)13-7-3-5-11-16-13/h3-8,11-12H,2,9-10,15H2,1H3. The van der Waals surface area contributed by atoms with E-state index in [1.54, 1.807) is 0 Å². The molecule has 3 heteroatoms. The van der Waals surface area contributed by atoms with Crippen LogP contribution in [0.15, 0.2) is 48.8 Å². The fraction of sp³-hybridized carbons (Fsp3) is 0.357.